The standard InChI is InChI=1S/C20H22N6O6S/c1-30-19-7-6-17(33(28,29)25-8-10-31-11-9-25)12-18(19)22-20(27)13-32-16-4-2-15(3-5-16)26-14-21-23-24-26/h2-7,12,14H,8-11,13H2,1H3,(H,22,27). The maximum absolute atomic E-state index is 12.9. The zero-order valence-electron chi connectivity index (χ0n) is 17.7. The molecule has 13 heteroatoms. The number of methoxy groups -OCH3 is 1. The SMILES string of the molecule is COc1ccc(S(=O)(=O)N2CCOCC2)cc1NC(=O)COc1ccc(-n2cnnn2)cc1. The molecule has 1 amide bonds. The van der Waals surface area contributed by atoms with E-state index in [1.807, 2.05) is 0 Å². The lowest BCUT2D eigenvalue weighted by Gasteiger charge is -2.26. The van der Waals surface area contributed by atoms with E-state index in [1.54, 1.807) is 24.3 Å². The number of benzene rings is 2. The summed E-state index contributed by atoms with van der Waals surface area (Å²) >= 11 is 0. The van der Waals surface area contributed by atoms with E-state index < -0.39 is 15.9 Å². The number of hydrogen-bond acceptors (Lipinski definition) is 9. The molecule has 0 atom stereocenters. The van der Waals surface area contributed by atoms with E-state index >= 15 is 0 Å². The minimum absolute atomic E-state index is 0.0552. The summed E-state index contributed by atoms with van der Waals surface area (Å²) in [7, 11) is -2.29. The van der Waals surface area contributed by atoms with Gasteiger partial charge in [-0.25, -0.2) is 13.1 Å². The summed E-state index contributed by atoms with van der Waals surface area (Å²) in [4.78, 5) is 12.5. The number of sulfonamides is 1. The van der Waals surface area contributed by atoms with Crippen LogP contribution in [0.3, 0.4) is 0 Å². The third-order valence-corrected chi connectivity index (χ3v) is 6.77. The van der Waals surface area contributed by atoms with Gasteiger partial charge in [-0.15, -0.1) is 5.10 Å². The number of morpholine rings is 1. The maximum Gasteiger partial charge on any atom is 0.262 e. The van der Waals surface area contributed by atoms with Crippen LogP contribution in [0.4, 0.5) is 5.69 Å². The molecule has 2 aromatic carbocycles. The first kappa shape index (κ1) is 22.6. The summed E-state index contributed by atoms with van der Waals surface area (Å²) < 4.78 is 44.7. The van der Waals surface area contributed by atoms with Gasteiger partial charge < -0.3 is 19.5 Å². The zero-order valence-corrected chi connectivity index (χ0v) is 18.6. The van der Waals surface area contributed by atoms with E-state index in [1.165, 1.54) is 40.6 Å². The van der Waals surface area contributed by atoms with Gasteiger partial charge in [0.15, 0.2) is 6.61 Å². The molecule has 0 aliphatic carbocycles. The van der Waals surface area contributed by atoms with Crippen LogP contribution in [0.15, 0.2) is 53.7 Å². The van der Waals surface area contributed by atoms with Gasteiger partial charge in [0, 0.05) is 13.1 Å². The van der Waals surface area contributed by atoms with Gasteiger partial charge >= 0.3 is 0 Å². The molecular weight excluding hydrogens is 452 g/mol. The molecule has 0 saturated carbocycles. The molecule has 0 unspecified atom stereocenters. The van der Waals surface area contributed by atoms with Crippen molar-refractivity contribution in [1.82, 2.24) is 24.5 Å². The van der Waals surface area contributed by atoms with Gasteiger partial charge in [0.05, 0.1) is 36.6 Å². The monoisotopic (exact) mass is 474 g/mol. The lowest BCUT2D eigenvalue weighted by atomic mass is 10.3. The highest BCUT2D eigenvalue weighted by atomic mass is 32.2. The van der Waals surface area contributed by atoms with Crippen LogP contribution >= 0.6 is 0 Å². The lowest BCUT2D eigenvalue weighted by Crippen LogP contribution is -2.40. The van der Waals surface area contributed by atoms with Crippen molar-refractivity contribution < 1.29 is 27.4 Å². The van der Waals surface area contributed by atoms with Crippen molar-refractivity contribution in [2.45, 2.75) is 4.90 Å². The Hall–Kier alpha value is -3.55. The van der Waals surface area contributed by atoms with E-state index in [0.29, 0.717) is 24.7 Å². The number of nitrogens with one attached hydrogen (secondary N) is 1. The van der Waals surface area contributed by atoms with Crippen LogP contribution in [-0.2, 0) is 19.6 Å². The number of ether oxygens (including phenoxy) is 3. The predicted molar refractivity (Wildman–Crippen MR) is 116 cm³/mol. The fourth-order valence-corrected chi connectivity index (χ4v) is 4.63. The third kappa shape index (κ3) is 5.27. The summed E-state index contributed by atoms with van der Waals surface area (Å²) in [5, 5.41) is 13.6. The highest BCUT2D eigenvalue weighted by Crippen LogP contribution is 2.29. The van der Waals surface area contributed by atoms with Gasteiger partial charge in [0.2, 0.25) is 10.0 Å². The topological polar surface area (TPSA) is 138 Å². The Bertz CT molecular complexity index is 1190. The van der Waals surface area contributed by atoms with Crippen molar-refractivity contribution in [2.24, 2.45) is 0 Å². The minimum atomic E-state index is -3.72. The second-order valence-electron chi connectivity index (χ2n) is 6.96. The Morgan fingerprint density at radius 2 is 1.91 bits per heavy atom. The first-order valence-electron chi connectivity index (χ1n) is 9.99. The predicted octanol–water partition coefficient (Wildman–Crippen LogP) is 0.709. The molecule has 0 bridgehead atoms. The maximum atomic E-state index is 12.9. The molecule has 33 heavy (non-hydrogen) atoms. The number of rotatable bonds is 8. The van der Waals surface area contributed by atoms with Crippen LogP contribution in [0.1, 0.15) is 0 Å². The van der Waals surface area contributed by atoms with E-state index in [-0.39, 0.29) is 30.3 Å². The molecule has 1 fully saturated rings. The summed E-state index contributed by atoms with van der Waals surface area (Å²) in [6, 6.07) is 11.2. The molecule has 2 heterocycles. The Morgan fingerprint density at radius 1 is 1.15 bits per heavy atom. The summed E-state index contributed by atoms with van der Waals surface area (Å²) in [6.45, 7) is 0.945. The van der Waals surface area contributed by atoms with Gasteiger partial charge in [-0.05, 0) is 52.9 Å². The second-order valence-corrected chi connectivity index (χ2v) is 8.90. The van der Waals surface area contributed by atoms with Crippen LogP contribution in [-0.4, -0.2) is 78.9 Å². The molecule has 1 saturated heterocycles. The van der Waals surface area contributed by atoms with Gasteiger partial charge in [-0.3, -0.25) is 4.79 Å². The van der Waals surface area contributed by atoms with Crippen LogP contribution < -0.4 is 14.8 Å². The van der Waals surface area contributed by atoms with Gasteiger partial charge in [0.1, 0.15) is 17.8 Å². The lowest BCUT2D eigenvalue weighted by molar-refractivity contribution is -0.118. The average molecular weight is 474 g/mol. The first-order chi connectivity index (χ1) is 16.0. The highest BCUT2D eigenvalue weighted by molar-refractivity contribution is 7.89. The van der Waals surface area contributed by atoms with Crippen molar-refractivity contribution >= 4 is 21.6 Å². The smallest absolute Gasteiger partial charge is 0.262 e. The highest BCUT2D eigenvalue weighted by Gasteiger charge is 2.27. The van der Waals surface area contributed by atoms with Crippen LogP contribution in [0, 0.1) is 0 Å². The number of carbonyl (C=O) groups excluding carboxylic acids is 1. The fourth-order valence-electron chi connectivity index (χ4n) is 3.19. The first-order valence-corrected chi connectivity index (χ1v) is 11.4. The molecule has 3 aromatic rings. The fraction of sp³-hybridized carbons (Fsp3) is 0.300. The minimum Gasteiger partial charge on any atom is -0.495 e. The summed E-state index contributed by atoms with van der Waals surface area (Å²) in [5.41, 5.74) is 0.967. The van der Waals surface area contributed by atoms with E-state index in [0.717, 1.165) is 5.69 Å². The van der Waals surface area contributed by atoms with Crippen LogP contribution in [0.2, 0.25) is 0 Å². The van der Waals surface area contributed by atoms with Crippen molar-refractivity contribution in [2.75, 3.05) is 45.3 Å². The van der Waals surface area contributed by atoms with Crippen LogP contribution in [0.25, 0.3) is 5.69 Å². The van der Waals surface area contributed by atoms with Crippen molar-refractivity contribution in [1.29, 1.82) is 0 Å². The van der Waals surface area contributed by atoms with E-state index in [4.69, 9.17) is 14.2 Å². The van der Waals surface area contributed by atoms with Crippen LogP contribution in [0.5, 0.6) is 11.5 Å². The summed E-state index contributed by atoms with van der Waals surface area (Å²) in [5.74, 6) is 0.325. The largest absolute Gasteiger partial charge is 0.495 e. The Balaban J connectivity index is 1.42. The van der Waals surface area contributed by atoms with Crippen molar-refractivity contribution in [3.63, 3.8) is 0 Å². The molecule has 1 aliphatic heterocycles. The zero-order chi connectivity index (χ0) is 23.3. The number of amides is 1. The van der Waals surface area contributed by atoms with Gasteiger partial charge in [-0.2, -0.15) is 4.31 Å². The molecule has 4 rings (SSSR count). The molecule has 1 aromatic heterocycles. The Morgan fingerprint density at radius 3 is 2.58 bits per heavy atom. The third-order valence-electron chi connectivity index (χ3n) is 4.87. The molecular formula is C20H22N6O6S. The van der Waals surface area contributed by atoms with Crippen molar-refractivity contribution in [3.05, 3.63) is 48.8 Å². The quantitative estimate of drug-likeness (QED) is 0.500. The normalized spacial score (nSPS) is 14.6. The number of aromatic nitrogens is 4. The van der Waals surface area contributed by atoms with Crippen molar-refractivity contribution in [3.8, 4) is 17.2 Å². The molecule has 174 valence electrons. The van der Waals surface area contributed by atoms with Gasteiger partial charge in [-0.1, -0.05) is 0 Å². The molecule has 1 aliphatic rings. The number of anilines is 1. The number of tetrazole rings is 1. The second kappa shape index (κ2) is 9.94. The molecule has 1 N–H and O–H groups in total. The Kier molecular flexibility index (Phi) is 6.82. The molecule has 0 spiro atoms. The number of carbonyl (C=O) groups is 1. The Labute approximate surface area is 190 Å². The number of hydrogen-bond donors (Lipinski definition) is 1. The van der Waals surface area contributed by atoms with Gasteiger partial charge in [0.25, 0.3) is 5.91 Å². The molecule has 0 radical (unpaired) electrons. The number of nitrogens with zero attached hydrogens (tertiary/aromatic N) is 5. The van der Waals surface area contributed by atoms with E-state index in [2.05, 4.69) is 20.8 Å². The summed E-state index contributed by atoms with van der Waals surface area (Å²) in [6.07, 6.45) is 1.46. The average Bonchev–Trinajstić information content (AvgIpc) is 3.39. The molecule has 12 nitrogen and oxygen atoms in total. The van der Waals surface area contributed by atoms with E-state index in [9.17, 15) is 13.2 Å².